The summed E-state index contributed by atoms with van der Waals surface area (Å²) in [5.74, 6) is -2.24. The van der Waals surface area contributed by atoms with E-state index in [2.05, 4.69) is 10.2 Å². The molecule has 0 unspecified atom stereocenters. The van der Waals surface area contributed by atoms with Crippen molar-refractivity contribution in [3.8, 4) is 11.5 Å². The van der Waals surface area contributed by atoms with Crippen LogP contribution in [0.4, 0.5) is 8.78 Å². The third-order valence-electron chi connectivity index (χ3n) is 3.44. The molecule has 7 heteroatoms. The van der Waals surface area contributed by atoms with E-state index in [0.717, 1.165) is 23.3 Å². The molecule has 0 fully saturated rings. The zero-order valence-corrected chi connectivity index (χ0v) is 13.5. The number of ether oxygens (including phenoxy) is 1. The monoisotopic (exact) mass is 344 g/mol. The van der Waals surface area contributed by atoms with Gasteiger partial charge >= 0.3 is 5.97 Å². The largest absolute Gasteiger partial charge is 0.449 e. The molecule has 0 saturated heterocycles. The number of carbonyl (C=O) groups excluding carboxylic acids is 1. The van der Waals surface area contributed by atoms with Gasteiger partial charge in [0, 0.05) is 11.6 Å². The van der Waals surface area contributed by atoms with E-state index >= 15 is 0 Å². The van der Waals surface area contributed by atoms with Gasteiger partial charge in [-0.1, -0.05) is 17.7 Å². The SMILES string of the molecule is Cc1cccc(-c2nnc([C@@H](C)OC(=O)c3cc(F)cc(F)c3)o2)c1. The lowest BCUT2D eigenvalue weighted by Gasteiger charge is -2.09. The van der Waals surface area contributed by atoms with Crippen molar-refractivity contribution < 1.29 is 22.7 Å². The molecule has 0 amide bonds. The Morgan fingerprint density at radius 3 is 2.52 bits per heavy atom. The van der Waals surface area contributed by atoms with Crippen LogP contribution in [0, 0.1) is 18.6 Å². The normalized spacial score (nSPS) is 12.0. The topological polar surface area (TPSA) is 65.2 Å². The van der Waals surface area contributed by atoms with Crippen LogP contribution in [0.25, 0.3) is 11.5 Å². The van der Waals surface area contributed by atoms with Gasteiger partial charge in [-0.05, 0) is 38.1 Å². The Kier molecular flexibility index (Phi) is 4.56. The van der Waals surface area contributed by atoms with Gasteiger partial charge in [0.05, 0.1) is 5.56 Å². The van der Waals surface area contributed by atoms with E-state index < -0.39 is 23.7 Å². The first kappa shape index (κ1) is 16.8. The minimum Gasteiger partial charge on any atom is -0.449 e. The van der Waals surface area contributed by atoms with Crippen molar-refractivity contribution >= 4 is 5.97 Å². The first-order chi connectivity index (χ1) is 11.9. The summed E-state index contributed by atoms with van der Waals surface area (Å²) in [6.07, 6.45) is -0.870. The second-order valence-electron chi connectivity index (χ2n) is 5.52. The second kappa shape index (κ2) is 6.80. The van der Waals surface area contributed by atoms with E-state index in [1.54, 1.807) is 0 Å². The standard InChI is InChI=1S/C18H14F2N2O3/c1-10-4-3-5-12(6-10)17-22-21-16(25-17)11(2)24-18(23)13-7-14(19)9-15(20)8-13/h3-9,11H,1-2H3/t11-/m1/s1. The van der Waals surface area contributed by atoms with E-state index in [1.165, 1.54) is 6.92 Å². The molecular formula is C18H14F2N2O3. The first-order valence-corrected chi connectivity index (χ1v) is 7.50. The molecule has 3 aromatic rings. The van der Waals surface area contributed by atoms with E-state index in [0.29, 0.717) is 12.0 Å². The van der Waals surface area contributed by atoms with Crippen molar-refractivity contribution in [2.75, 3.05) is 0 Å². The fourth-order valence-electron chi connectivity index (χ4n) is 2.24. The highest BCUT2D eigenvalue weighted by atomic mass is 19.1. The van der Waals surface area contributed by atoms with Gasteiger partial charge < -0.3 is 9.15 Å². The summed E-state index contributed by atoms with van der Waals surface area (Å²) in [4.78, 5) is 12.0. The Hall–Kier alpha value is -3.09. The Labute approximate surface area is 142 Å². The molecule has 0 N–H and O–H groups in total. The van der Waals surface area contributed by atoms with Crippen molar-refractivity contribution in [2.45, 2.75) is 20.0 Å². The molecule has 3 rings (SSSR count). The van der Waals surface area contributed by atoms with E-state index in [9.17, 15) is 13.6 Å². The van der Waals surface area contributed by atoms with Gasteiger partial charge in [-0.25, -0.2) is 13.6 Å². The van der Waals surface area contributed by atoms with Crippen molar-refractivity contribution in [3.05, 3.63) is 71.1 Å². The van der Waals surface area contributed by atoms with Crippen molar-refractivity contribution in [1.29, 1.82) is 0 Å². The Morgan fingerprint density at radius 1 is 1.12 bits per heavy atom. The van der Waals surface area contributed by atoms with Crippen LogP contribution in [0.1, 0.15) is 34.8 Å². The maximum Gasteiger partial charge on any atom is 0.339 e. The molecule has 0 spiro atoms. The van der Waals surface area contributed by atoms with Gasteiger partial charge in [-0.15, -0.1) is 10.2 Å². The smallest absolute Gasteiger partial charge is 0.339 e. The molecule has 0 aliphatic carbocycles. The summed E-state index contributed by atoms with van der Waals surface area (Å²) in [5.41, 5.74) is 1.54. The molecule has 0 aliphatic heterocycles. The number of esters is 1. The molecule has 1 atom stereocenters. The third kappa shape index (κ3) is 3.88. The zero-order valence-electron chi connectivity index (χ0n) is 13.5. The lowest BCUT2D eigenvalue weighted by Crippen LogP contribution is -2.10. The molecule has 0 bridgehead atoms. The summed E-state index contributed by atoms with van der Waals surface area (Å²) in [6.45, 7) is 3.46. The minimum atomic E-state index is -0.888. The highest BCUT2D eigenvalue weighted by Gasteiger charge is 2.20. The maximum absolute atomic E-state index is 13.2. The number of aromatic nitrogens is 2. The Bertz CT molecular complexity index is 904. The second-order valence-corrected chi connectivity index (χ2v) is 5.52. The lowest BCUT2D eigenvalue weighted by atomic mass is 10.1. The van der Waals surface area contributed by atoms with Crippen LogP contribution >= 0.6 is 0 Å². The third-order valence-corrected chi connectivity index (χ3v) is 3.44. The van der Waals surface area contributed by atoms with E-state index in [4.69, 9.17) is 9.15 Å². The van der Waals surface area contributed by atoms with Crippen LogP contribution in [0.5, 0.6) is 0 Å². The van der Waals surface area contributed by atoms with Crippen LogP contribution in [0.2, 0.25) is 0 Å². The summed E-state index contributed by atoms with van der Waals surface area (Å²) < 4.78 is 37.0. The number of carbonyl (C=O) groups is 1. The van der Waals surface area contributed by atoms with Gasteiger partial charge in [0.25, 0.3) is 5.89 Å². The first-order valence-electron chi connectivity index (χ1n) is 7.50. The number of aryl methyl sites for hydroxylation is 1. The minimum absolute atomic E-state index is 0.0849. The Balaban J connectivity index is 1.75. The van der Waals surface area contributed by atoms with Crippen molar-refractivity contribution in [2.24, 2.45) is 0 Å². The van der Waals surface area contributed by atoms with Crippen LogP contribution in [-0.2, 0) is 4.74 Å². The predicted molar refractivity (Wildman–Crippen MR) is 84.7 cm³/mol. The predicted octanol–water partition coefficient (Wildman–Crippen LogP) is 4.24. The maximum atomic E-state index is 13.2. The molecule has 0 radical (unpaired) electrons. The van der Waals surface area contributed by atoms with E-state index in [-0.39, 0.29) is 11.5 Å². The van der Waals surface area contributed by atoms with Crippen LogP contribution in [0.3, 0.4) is 0 Å². The number of rotatable bonds is 4. The van der Waals surface area contributed by atoms with Gasteiger partial charge in [0.15, 0.2) is 6.10 Å². The van der Waals surface area contributed by atoms with Crippen LogP contribution < -0.4 is 0 Å². The molecule has 128 valence electrons. The van der Waals surface area contributed by atoms with Gasteiger partial charge in [0.1, 0.15) is 11.6 Å². The van der Waals surface area contributed by atoms with Crippen LogP contribution in [-0.4, -0.2) is 16.2 Å². The van der Waals surface area contributed by atoms with Crippen molar-refractivity contribution in [1.82, 2.24) is 10.2 Å². The number of benzene rings is 2. The molecule has 0 saturated carbocycles. The summed E-state index contributed by atoms with van der Waals surface area (Å²) >= 11 is 0. The average molecular weight is 344 g/mol. The number of halogens is 2. The number of hydrogen-bond donors (Lipinski definition) is 0. The lowest BCUT2D eigenvalue weighted by molar-refractivity contribution is 0.0278. The zero-order chi connectivity index (χ0) is 18.0. The van der Waals surface area contributed by atoms with Gasteiger partial charge in [-0.3, -0.25) is 0 Å². The highest BCUT2D eigenvalue weighted by Crippen LogP contribution is 2.24. The molecule has 1 aromatic heterocycles. The summed E-state index contributed by atoms with van der Waals surface area (Å²) in [6, 6.07) is 9.94. The molecule has 2 aromatic carbocycles. The fraction of sp³-hybridized carbons (Fsp3) is 0.167. The van der Waals surface area contributed by atoms with Crippen LogP contribution in [0.15, 0.2) is 46.9 Å². The Morgan fingerprint density at radius 2 is 1.84 bits per heavy atom. The van der Waals surface area contributed by atoms with Gasteiger partial charge in [-0.2, -0.15) is 0 Å². The molecule has 1 heterocycles. The molecule has 25 heavy (non-hydrogen) atoms. The van der Waals surface area contributed by atoms with Gasteiger partial charge in [0.2, 0.25) is 5.89 Å². The quantitative estimate of drug-likeness (QED) is 0.662. The molecular weight excluding hydrogens is 330 g/mol. The molecule has 0 aliphatic rings. The average Bonchev–Trinajstić information content (AvgIpc) is 3.04. The summed E-state index contributed by atoms with van der Waals surface area (Å²) in [7, 11) is 0. The number of hydrogen-bond acceptors (Lipinski definition) is 5. The molecule has 5 nitrogen and oxygen atoms in total. The summed E-state index contributed by atoms with van der Waals surface area (Å²) in [5, 5.41) is 7.79. The van der Waals surface area contributed by atoms with Crippen molar-refractivity contribution in [3.63, 3.8) is 0 Å². The van der Waals surface area contributed by atoms with E-state index in [1.807, 2.05) is 31.2 Å². The fourth-order valence-corrected chi connectivity index (χ4v) is 2.24. The highest BCUT2D eigenvalue weighted by molar-refractivity contribution is 5.89. The number of nitrogens with zero attached hydrogens (tertiary/aromatic N) is 2.